The predicted octanol–water partition coefficient (Wildman–Crippen LogP) is 4.35. The molecule has 0 radical (unpaired) electrons. The Morgan fingerprint density at radius 2 is 1.96 bits per heavy atom. The summed E-state index contributed by atoms with van der Waals surface area (Å²) in [5.74, 6) is 0.609. The maximum Gasteiger partial charge on any atom is 0.276 e. The van der Waals surface area contributed by atoms with Crippen LogP contribution in [0, 0.1) is 0 Å². The molecule has 0 unspecified atom stereocenters. The fourth-order valence-electron chi connectivity index (χ4n) is 1.97. The summed E-state index contributed by atoms with van der Waals surface area (Å²) >= 11 is 0. The van der Waals surface area contributed by atoms with Gasteiger partial charge in [-0.25, -0.2) is 18.8 Å². The Bertz CT molecular complexity index is 723. The van der Waals surface area contributed by atoms with Crippen molar-refractivity contribution in [1.29, 1.82) is 0 Å². The van der Waals surface area contributed by atoms with Gasteiger partial charge in [-0.05, 0) is 39.8 Å². The monoisotopic (exact) mass is 394 g/mol. The lowest BCUT2D eigenvalue weighted by atomic mass is 10.1. The number of pyridine rings is 1. The van der Waals surface area contributed by atoms with E-state index in [1.54, 1.807) is 12.3 Å². The molecule has 0 aromatic carbocycles. The van der Waals surface area contributed by atoms with E-state index < -0.39 is 6.43 Å². The normalized spacial score (nSPS) is 12.4. The summed E-state index contributed by atoms with van der Waals surface area (Å²) in [6.45, 7) is 14.1. The van der Waals surface area contributed by atoms with E-state index in [0.717, 1.165) is 29.9 Å². The van der Waals surface area contributed by atoms with Crippen molar-refractivity contribution in [1.82, 2.24) is 4.98 Å². The Morgan fingerprint density at radius 3 is 2.43 bits per heavy atom. The molecule has 1 aromatic rings. The summed E-state index contributed by atoms with van der Waals surface area (Å²) < 4.78 is 25.5. The van der Waals surface area contributed by atoms with Crippen molar-refractivity contribution < 1.29 is 8.78 Å². The van der Waals surface area contributed by atoms with Gasteiger partial charge in [0, 0.05) is 41.8 Å². The molecule has 0 fully saturated rings. The molecular formula is C20H32F2N6. The average Bonchev–Trinajstić information content (AvgIpc) is 2.61. The molecule has 28 heavy (non-hydrogen) atoms. The van der Waals surface area contributed by atoms with Gasteiger partial charge in [0.25, 0.3) is 6.43 Å². The van der Waals surface area contributed by atoms with E-state index in [2.05, 4.69) is 27.2 Å². The Kier molecular flexibility index (Phi) is 12.1. The molecule has 0 spiro atoms. The number of aliphatic imine (C=N–C) groups is 1. The highest BCUT2D eigenvalue weighted by Gasteiger charge is 2.10. The molecule has 0 aliphatic carbocycles. The van der Waals surface area contributed by atoms with Crippen molar-refractivity contribution in [2.24, 2.45) is 16.5 Å². The third-order valence-electron chi connectivity index (χ3n) is 3.32. The van der Waals surface area contributed by atoms with Gasteiger partial charge in [-0.15, -0.1) is 0 Å². The summed E-state index contributed by atoms with van der Waals surface area (Å²) in [6.07, 6.45) is 2.44. The van der Waals surface area contributed by atoms with Crippen molar-refractivity contribution in [3.8, 4) is 0 Å². The van der Waals surface area contributed by atoms with Crippen LogP contribution < -0.4 is 22.1 Å². The third-order valence-corrected chi connectivity index (χ3v) is 3.32. The molecule has 1 rings (SSSR count). The second-order valence-corrected chi connectivity index (χ2v) is 5.81. The molecule has 6 nitrogen and oxygen atoms in total. The van der Waals surface area contributed by atoms with E-state index in [9.17, 15) is 8.78 Å². The lowest BCUT2D eigenvalue weighted by Gasteiger charge is -2.14. The standard InChI is InChI=1S/C18H25F2N5.C2H7N/c1-6-11(3)14-10-23-16(9-15(14)22-7-2)25-17(8-12(4)21)24-13(5)18(19)20;1-2-3/h6,8-10,18H,4,7,21H2,1-3,5H3,(H2,22,23,25);2-3H2,1H3/b11-6-,17-8+,24-13+;. The zero-order chi connectivity index (χ0) is 21.7. The molecule has 1 heterocycles. The minimum Gasteiger partial charge on any atom is -0.399 e. The highest BCUT2D eigenvalue weighted by atomic mass is 19.3. The minimum atomic E-state index is -2.65. The largest absolute Gasteiger partial charge is 0.399 e. The van der Waals surface area contributed by atoms with Crippen LogP contribution in [-0.2, 0) is 0 Å². The van der Waals surface area contributed by atoms with Gasteiger partial charge in [-0.3, -0.25) is 0 Å². The number of anilines is 2. The number of halogens is 2. The fourth-order valence-corrected chi connectivity index (χ4v) is 1.97. The molecule has 0 aliphatic heterocycles. The van der Waals surface area contributed by atoms with Crippen LogP contribution in [0.2, 0.25) is 0 Å². The highest BCUT2D eigenvalue weighted by Crippen LogP contribution is 2.26. The molecule has 0 bridgehead atoms. The molecule has 0 aliphatic rings. The molecule has 8 heteroatoms. The molecule has 6 N–H and O–H groups in total. The van der Waals surface area contributed by atoms with E-state index in [4.69, 9.17) is 11.5 Å². The number of rotatable bonds is 8. The van der Waals surface area contributed by atoms with Crippen LogP contribution in [-0.4, -0.2) is 30.2 Å². The topological polar surface area (TPSA) is 101 Å². The van der Waals surface area contributed by atoms with E-state index in [1.807, 2.05) is 33.8 Å². The van der Waals surface area contributed by atoms with Gasteiger partial charge in [-0.1, -0.05) is 19.6 Å². The maximum absolute atomic E-state index is 12.7. The van der Waals surface area contributed by atoms with Crippen LogP contribution in [0.15, 0.2) is 47.5 Å². The molecule has 0 saturated heterocycles. The first-order valence-corrected chi connectivity index (χ1v) is 9.03. The van der Waals surface area contributed by atoms with Crippen LogP contribution in [0.25, 0.3) is 5.57 Å². The summed E-state index contributed by atoms with van der Waals surface area (Å²) in [6, 6.07) is 1.80. The van der Waals surface area contributed by atoms with Gasteiger partial charge in [-0.2, -0.15) is 0 Å². The lowest BCUT2D eigenvalue weighted by Crippen LogP contribution is -2.10. The fraction of sp³-hybridized carbons (Fsp3) is 0.400. The average molecular weight is 395 g/mol. The zero-order valence-corrected chi connectivity index (χ0v) is 17.3. The molecule has 1 aromatic heterocycles. The quantitative estimate of drug-likeness (QED) is 0.388. The second kappa shape index (κ2) is 13.4. The number of nitrogens with two attached hydrogens (primary N) is 2. The Morgan fingerprint density at radius 1 is 1.36 bits per heavy atom. The van der Waals surface area contributed by atoms with Gasteiger partial charge in [0.1, 0.15) is 11.6 Å². The SMILES string of the molecule is C=C(N)/C=C(\N=C(/C)C(F)F)Nc1cc(NCC)c(/C(C)=C\C)cn1.CCN. The van der Waals surface area contributed by atoms with Crippen molar-refractivity contribution >= 4 is 22.8 Å². The molecule has 156 valence electrons. The van der Waals surface area contributed by atoms with E-state index >= 15 is 0 Å². The Hall–Kier alpha value is -2.74. The van der Waals surface area contributed by atoms with Gasteiger partial charge in [0.05, 0.1) is 5.71 Å². The number of aromatic nitrogens is 1. The summed E-state index contributed by atoms with van der Waals surface area (Å²) in [7, 11) is 0. The molecular weight excluding hydrogens is 362 g/mol. The predicted molar refractivity (Wildman–Crippen MR) is 117 cm³/mol. The van der Waals surface area contributed by atoms with Crippen molar-refractivity contribution in [2.75, 3.05) is 23.7 Å². The molecule has 0 amide bonds. The third kappa shape index (κ3) is 9.27. The first-order chi connectivity index (χ1) is 13.2. The smallest absolute Gasteiger partial charge is 0.276 e. The van der Waals surface area contributed by atoms with Gasteiger partial charge < -0.3 is 22.1 Å². The minimum absolute atomic E-state index is 0.149. The van der Waals surface area contributed by atoms with Crippen LogP contribution in [0.3, 0.4) is 0 Å². The van der Waals surface area contributed by atoms with Gasteiger partial charge in [0.15, 0.2) is 0 Å². The summed E-state index contributed by atoms with van der Waals surface area (Å²) in [5.41, 5.74) is 13.2. The summed E-state index contributed by atoms with van der Waals surface area (Å²) in [5, 5.41) is 6.17. The van der Waals surface area contributed by atoms with E-state index in [0.29, 0.717) is 5.82 Å². The number of alkyl halides is 2. The maximum atomic E-state index is 12.7. The lowest BCUT2D eigenvalue weighted by molar-refractivity contribution is 0.225. The highest BCUT2D eigenvalue weighted by molar-refractivity contribution is 5.86. The Labute approximate surface area is 166 Å². The number of nitrogens with zero attached hydrogens (tertiary/aromatic N) is 2. The van der Waals surface area contributed by atoms with Gasteiger partial charge in [0.2, 0.25) is 0 Å². The first-order valence-electron chi connectivity index (χ1n) is 9.03. The van der Waals surface area contributed by atoms with Crippen LogP contribution in [0.1, 0.15) is 40.2 Å². The van der Waals surface area contributed by atoms with Gasteiger partial charge >= 0.3 is 0 Å². The number of hydrogen-bond acceptors (Lipinski definition) is 6. The van der Waals surface area contributed by atoms with Crippen molar-refractivity contribution in [3.05, 3.63) is 48.1 Å². The molecule has 0 saturated carbocycles. The number of hydrogen-bond donors (Lipinski definition) is 4. The first kappa shape index (κ1) is 25.3. The summed E-state index contributed by atoms with van der Waals surface area (Å²) in [4.78, 5) is 8.19. The van der Waals surface area contributed by atoms with E-state index in [-0.39, 0.29) is 17.2 Å². The van der Waals surface area contributed by atoms with Crippen LogP contribution in [0.4, 0.5) is 20.3 Å². The number of allylic oxidation sites excluding steroid dienone is 3. The van der Waals surface area contributed by atoms with E-state index in [1.165, 1.54) is 13.0 Å². The van der Waals surface area contributed by atoms with Crippen LogP contribution in [0.5, 0.6) is 0 Å². The number of nitrogens with one attached hydrogen (secondary N) is 2. The van der Waals surface area contributed by atoms with Crippen molar-refractivity contribution in [2.45, 2.75) is 41.0 Å². The zero-order valence-electron chi connectivity index (χ0n) is 17.3. The van der Waals surface area contributed by atoms with Crippen LogP contribution >= 0.6 is 0 Å². The Balaban J connectivity index is 0.00000227. The second-order valence-electron chi connectivity index (χ2n) is 5.81. The van der Waals surface area contributed by atoms with Crippen molar-refractivity contribution in [3.63, 3.8) is 0 Å². The molecule has 0 atom stereocenters.